The lowest BCUT2D eigenvalue weighted by atomic mass is 10.0. The molecule has 1 atom stereocenters. The molecule has 1 heterocycles. The van der Waals surface area contributed by atoms with Gasteiger partial charge in [-0.15, -0.1) is 0 Å². The molecule has 17 heavy (non-hydrogen) atoms. The van der Waals surface area contributed by atoms with Gasteiger partial charge < -0.3 is 9.80 Å². The minimum Gasteiger partial charge on any atom is -0.349 e. The quantitative estimate of drug-likeness (QED) is 0.748. The third kappa shape index (κ3) is 3.14. The van der Waals surface area contributed by atoms with Crippen LogP contribution in [0, 0.1) is 5.92 Å². The summed E-state index contributed by atoms with van der Waals surface area (Å²) in [5, 5.41) is 0. The number of hydrogen-bond acceptors (Lipinski definition) is 3. The Bertz CT molecular complexity index is 267. The number of guanidine groups is 1. The van der Waals surface area contributed by atoms with Crippen molar-refractivity contribution < 1.29 is 0 Å². The number of hydrogen-bond donors (Lipinski definition) is 0. The van der Waals surface area contributed by atoms with Gasteiger partial charge in [0.15, 0.2) is 5.96 Å². The normalized spacial score (nSPS) is 25.5. The summed E-state index contributed by atoms with van der Waals surface area (Å²) < 4.78 is 0. The van der Waals surface area contributed by atoms with Crippen molar-refractivity contribution in [2.45, 2.75) is 51.5 Å². The van der Waals surface area contributed by atoms with Crippen molar-refractivity contribution in [2.24, 2.45) is 10.9 Å². The van der Waals surface area contributed by atoms with Crippen molar-refractivity contribution in [3.05, 3.63) is 0 Å². The average Bonchev–Trinajstić information content (AvgIpc) is 2.89. The van der Waals surface area contributed by atoms with Crippen LogP contribution in [0.25, 0.3) is 0 Å². The van der Waals surface area contributed by atoms with Crippen LogP contribution in [-0.2, 0) is 0 Å². The fraction of sp³-hybridized carbons (Fsp3) is 0.929. The van der Waals surface area contributed by atoms with Gasteiger partial charge in [0.2, 0.25) is 0 Å². The molecule has 0 N–H and O–H groups in total. The van der Waals surface area contributed by atoms with Gasteiger partial charge in [0.1, 0.15) is 0 Å². The molecule has 1 aliphatic heterocycles. The van der Waals surface area contributed by atoms with Gasteiger partial charge in [-0.3, -0.25) is 4.99 Å². The molecule has 1 saturated carbocycles. The lowest BCUT2D eigenvalue weighted by molar-refractivity contribution is 0.311. The molecule has 0 bridgehead atoms. The molecular weight excluding hydrogens is 210 g/mol. The molecule has 2 aliphatic rings. The zero-order valence-corrected chi connectivity index (χ0v) is 11.7. The minimum atomic E-state index is 0.593. The van der Waals surface area contributed by atoms with E-state index in [9.17, 15) is 0 Å². The van der Waals surface area contributed by atoms with Gasteiger partial charge in [0, 0.05) is 26.7 Å². The predicted octanol–water partition coefficient (Wildman–Crippen LogP) is 2.58. The van der Waals surface area contributed by atoms with E-state index in [2.05, 4.69) is 35.8 Å². The van der Waals surface area contributed by atoms with Crippen molar-refractivity contribution in [2.75, 3.05) is 27.2 Å². The van der Waals surface area contributed by atoms with Crippen LogP contribution < -0.4 is 0 Å². The molecule has 3 heteroatoms. The van der Waals surface area contributed by atoms with Gasteiger partial charge in [-0.1, -0.05) is 25.7 Å². The summed E-state index contributed by atoms with van der Waals surface area (Å²) in [6.45, 7) is 4.45. The summed E-state index contributed by atoms with van der Waals surface area (Å²) in [7, 11) is 4.20. The zero-order valence-electron chi connectivity index (χ0n) is 11.7. The first-order valence-corrected chi connectivity index (χ1v) is 7.17. The van der Waals surface area contributed by atoms with Crippen molar-refractivity contribution in [3.8, 4) is 0 Å². The molecule has 0 amide bonds. The molecule has 2 rings (SSSR count). The second kappa shape index (κ2) is 5.74. The first-order chi connectivity index (χ1) is 8.18. The summed E-state index contributed by atoms with van der Waals surface area (Å²) in [5.41, 5.74) is 0. The Labute approximate surface area is 106 Å². The molecular formula is C14H27N3. The van der Waals surface area contributed by atoms with E-state index in [1.165, 1.54) is 51.0 Å². The molecule has 0 saturated heterocycles. The second-order valence-electron chi connectivity index (χ2n) is 5.87. The van der Waals surface area contributed by atoms with E-state index >= 15 is 0 Å². The summed E-state index contributed by atoms with van der Waals surface area (Å²) in [6, 6.07) is 0.593. The van der Waals surface area contributed by atoms with E-state index in [-0.39, 0.29) is 0 Å². The fourth-order valence-electron chi connectivity index (χ4n) is 3.17. The predicted molar refractivity (Wildman–Crippen MR) is 73.3 cm³/mol. The van der Waals surface area contributed by atoms with Crippen molar-refractivity contribution in [3.63, 3.8) is 0 Å². The molecule has 0 aromatic rings. The summed E-state index contributed by atoms with van der Waals surface area (Å²) >= 11 is 0. The molecule has 0 unspecified atom stereocenters. The lowest BCUT2D eigenvalue weighted by Crippen LogP contribution is -2.42. The van der Waals surface area contributed by atoms with E-state index in [1.807, 2.05) is 0 Å². The third-order valence-corrected chi connectivity index (χ3v) is 4.17. The Morgan fingerprint density at radius 2 is 2.00 bits per heavy atom. The van der Waals surface area contributed by atoms with Crippen LogP contribution in [0.1, 0.15) is 45.4 Å². The summed E-state index contributed by atoms with van der Waals surface area (Å²) in [5.74, 6) is 2.21. The van der Waals surface area contributed by atoms with Gasteiger partial charge >= 0.3 is 0 Å². The zero-order chi connectivity index (χ0) is 12.3. The van der Waals surface area contributed by atoms with E-state index in [0.29, 0.717) is 6.04 Å². The van der Waals surface area contributed by atoms with Crippen LogP contribution in [0.5, 0.6) is 0 Å². The number of rotatable bonds is 4. The Morgan fingerprint density at radius 3 is 2.65 bits per heavy atom. The van der Waals surface area contributed by atoms with Crippen LogP contribution in [0.2, 0.25) is 0 Å². The SMILES string of the molecule is C[C@H]1CN=C(N(C)C)N1CCCC1CCCC1. The van der Waals surface area contributed by atoms with Gasteiger partial charge in [-0.05, 0) is 25.7 Å². The molecule has 0 spiro atoms. The highest BCUT2D eigenvalue weighted by Gasteiger charge is 2.25. The topological polar surface area (TPSA) is 18.8 Å². The Kier molecular flexibility index (Phi) is 4.30. The third-order valence-electron chi connectivity index (χ3n) is 4.17. The van der Waals surface area contributed by atoms with Crippen LogP contribution in [0.3, 0.4) is 0 Å². The van der Waals surface area contributed by atoms with Crippen LogP contribution >= 0.6 is 0 Å². The molecule has 1 fully saturated rings. The molecule has 1 aliphatic carbocycles. The van der Waals surface area contributed by atoms with E-state index in [0.717, 1.165) is 12.5 Å². The van der Waals surface area contributed by atoms with Gasteiger partial charge in [-0.25, -0.2) is 0 Å². The van der Waals surface area contributed by atoms with Crippen LogP contribution in [0.4, 0.5) is 0 Å². The first-order valence-electron chi connectivity index (χ1n) is 7.17. The van der Waals surface area contributed by atoms with Gasteiger partial charge in [-0.2, -0.15) is 0 Å². The highest BCUT2D eigenvalue weighted by atomic mass is 15.4. The minimum absolute atomic E-state index is 0.593. The van der Waals surface area contributed by atoms with Crippen molar-refractivity contribution >= 4 is 5.96 Å². The van der Waals surface area contributed by atoms with Gasteiger partial charge in [0.25, 0.3) is 0 Å². The molecule has 0 aromatic heterocycles. The number of aliphatic imine (C=N–C) groups is 1. The largest absolute Gasteiger partial charge is 0.349 e. The Balaban J connectivity index is 1.75. The maximum atomic E-state index is 4.62. The van der Waals surface area contributed by atoms with Crippen molar-refractivity contribution in [1.82, 2.24) is 9.80 Å². The maximum Gasteiger partial charge on any atom is 0.196 e. The van der Waals surface area contributed by atoms with E-state index in [4.69, 9.17) is 0 Å². The lowest BCUT2D eigenvalue weighted by Gasteiger charge is -2.29. The van der Waals surface area contributed by atoms with Crippen molar-refractivity contribution in [1.29, 1.82) is 0 Å². The van der Waals surface area contributed by atoms with Crippen LogP contribution in [0.15, 0.2) is 4.99 Å². The van der Waals surface area contributed by atoms with Gasteiger partial charge in [0.05, 0.1) is 6.54 Å². The smallest absolute Gasteiger partial charge is 0.196 e. The molecule has 0 aromatic carbocycles. The Morgan fingerprint density at radius 1 is 1.29 bits per heavy atom. The average molecular weight is 237 g/mol. The highest BCUT2D eigenvalue weighted by Crippen LogP contribution is 2.28. The van der Waals surface area contributed by atoms with E-state index in [1.54, 1.807) is 0 Å². The maximum absolute atomic E-state index is 4.62. The Hall–Kier alpha value is -0.730. The molecule has 0 radical (unpaired) electrons. The number of nitrogens with zero attached hydrogens (tertiary/aromatic N) is 3. The van der Waals surface area contributed by atoms with Crippen LogP contribution in [-0.4, -0.2) is 49.0 Å². The second-order valence-corrected chi connectivity index (χ2v) is 5.87. The summed E-state index contributed by atoms with van der Waals surface area (Å²) in [6.07, 6.45) is 8.64. The summed E-state index contributed by atoms with van der Waals surface area (Å²) in [4.78, 5) is 9.25. The fourth-order valence-corrected chi connectivity index (χ4v) is 3.17. The highest BCUT2D eigenvalue weighted by molar-refractivity contribution is 5.81. The molecule has 3 nitrogen and oxygen atoms in total. The standard InChI is InChI=1S/C14H27N3/c1-12-11-15-14(16(2)3)17(12)10-6-9-13-7-4-5-8-13/h12-13H,4-11H2,1-3H3/t12-/m0/s1. The monoisotopic (exact) mass is 237 g/mol. The first kappa shape index (κ1) is 12.7. The van der Waals surface area contributed by atoms with E-state index < -0.39 is 0 Å². The molecule has 98 valence electrons.